The van der Waals surface area contributed by atoms with Crippen molar-refractivity contribution in [3.8, 4) is 11.5 Å². The molecule has 0 radical (unpaired) electrons. The predicted molar refractivity (Wildman–Crippen MR) is 77.6 cm³/mol. The van der Waals surface area contributed by atoms with Crippen LogP contribution in [0.2, 0.25) is 0 Å². The zero-order valence-electron chi connectivity index (χ0n) is 10.9. The molecule has 0 aliphatic carbocycles. The molecule has 1 atom stereocenters. The van der Waals surface area contributed by atoms with Crippen molar-refractivity contribution in [2.24, 2.45) is 5.73 Å². The Morgan fingerprint density at radius 3 is 2.30 bits per heavy atom. The highest BCUT2D eigenvalue weighted by Gasteiger charge is 2.10. The van der Waals surface area contributed by atoms with E-state index in [0.717, 1.165) is 22.9 Å². The van der Waals surface area contributed by atoms with Gasteiger partial charge < -0.3 is 15.5 Å². The molecule has 2 aromatic carbocycles. The molecule has 0 saturated carbocycles. The van der Waals surface area contributed by atoms with Gasteiger partial charge in [-0.15, -0.1) is 0 Å². The molecule has 0 fully saturated rings. The van der Waals surface area contributed by atoms with Crippen LogP contribution in [-0.2, 0) is 0 Å². The number of aromatic amines is 1. The molecule has 1 unspecified atom stereocenters. The summed E-state index contributed by atoms with van der Waals surface area (Å²) in [5.74, 6) is 2.35. The van der Waals surface area contributed by atoms with E-state index in [9.17, 15) is 0 Å². The van der Waals surface area contributed by atoms with Crippen molar-refractivity contribution in [2.45, 2.75) is 6.04 Å². The summed E-state index contributed by atoms with van der Waals surface area (Å²) in [6, 6.07) is 17.1. The van der Waals surface area contributed by atoms with Crippen molar-refractivity contribution in [1.82, 2.24) is 9.97 Å². The van der Waals surface area contributed by atoms with Crippen LogP contribution in [-0.4, -0.2) is 9.97 Å². The highest BCUT2D eigenvalue weighted by Crippen LogP contribution is 2.23. The number of ether oxygens (including phenoxy) is 1. The predicted octanol–water partition coefficient (Wildman–Crippen LogP) is 3.25. The molecule has 4 heteroatoms. The summed E-state index contributed by atoms with van der Waals surface area (Å²) in [5, 5.41) is 0. The van der Waals surface area contributed by atoms with Gasteiger partial charge in [-0.3, -0.25) is 0 Å². The van der Waals surface area contributed by atoms with E-state index in [0.29, 0.717) is 0 Å². The van der Waals surface area contributed by atoms with Crippen molar-refractivity contribution >= 4 is 0 Å². The molecule has 1 heterocycles. The van der Waals surface area contributed by atoms with Crippen molar-refractivity contribution in [1.29, 1.82) is 0 Å². The number of imidazole rings is 1. The van der Waals surface area contributed by atoms with Gasteiger partial charge in [0.25, 0.3) is 0 Å². The Balaban J connectivity index is 1.75. The Kier molecular flexibility index (Phi) is 3.48. The zero-order chi connectivity index (χ0) is 13.8. The normalized spacial score (nSPS) is 12.1. The number of hydrogen-bond acceptors (Lipinski definition) is 3. The van der Waals surface area contributed by atoms with Crippen LogP contribution in [0.15, 0.2) is 67.0 Å². The van der Waals surface area contributed by atoms with Gasteiger partial charge in [-0.2, -0.15) is 0 Å². The highest BCUT2D eigenvalue weighted by atomic mass is 16.5. The van der Waals surface area contributed by atoms with E-state index in [2.05, 4.69) is 9.97 Å². The Hall–Kier alpha value is -2.59. The maximum Gasteiger partial charge on any atom is 0.127 e. The molecule has 0 aliphatic heterocycles. The fourth-order valence-corrected chi connectivity index (χ4v) is 1.97. The van der Waals surface area contributed by atoms with Gasteiger partial charge in [0.05, 0.1) is 6.04 Å². The van der Waals surface area contributed by atoms with Crippen LogP contribution >= 0.6 is 0 Å². The summed E-state index contributed by atoms with van der Waals surface area (Å²) >= 11 is 0. The average Bonchev–Trinajstić information content (AvgIpc) is 3.03. The minimum Gasteiger partial charge on any atom is -0.457 e. The van der Waals surface area contributed by atoms with Crippen molar-refractivity contribution in [2.75, 3.05) is 0 Å². The van der Waals surface area contributed by atoms with Crippen molar-refractivity contribution < 1.29 is 4.74 Å². The SMILES string of the molecule is NC(c1ccc(Oc2ccccc2)cc1)c1ncc[nH]1. The van der Waals surface area contributed by atoms with E-state index in [1.807, 2.05) is 54.6 Å². The first-order valence-electron chi connectivity index (χ1n) is 6.40. The summed E-state index contributed by atoms with van der Waals surface area (Å²) in [5.41, 5.74) is 7.12. The molecule has 3 N–H and O–H groups in total. The number of rotatable bonds is 4. The van der Waals surface area contributed by atoms with Crippen LogP contribution in [0.1, 0.15) is 17.4 Å². The number of para-hydroxylation sites is 1. The summed E-state index contributed by atoms with van der Waals surface area (Å²) < 4.78 is 5.74. The molecule has 0 bridgehead atoms. The number of hydrogen-bond donors (Lipinski definition) is 2. The topological polar surface area (TPSA) is 63.9 Å². The first-order chi connectivity index (χ1) is 9.83. The monoisotopic (exact) mass is 265 g/mol. The average molecular weight is 265 g/mol. The van der Waals surface area contributed by atoms with Crippen LogP contribution in [0.3, 0.4) is 0 Å². The lowest BCUT2D eigenvalue weighted by Gasteiger charge is -2.10. The smallest absolute Gasteiger partial charge is 0.127 e. The van der Waals surface area contributed by atoms with Gasteiger partial charge in [0.15, 0.2) is 0 Å². The number of nitrogens with zero attached hydrogens (tertiary/aromatic N) is 1. The highest BCUT2D eigenvalue weighted by molar-refractivity contribution is 5.35. The third kappa shape index (κ3) is 2.70. The van der Waals surface area contributed by atoms with Gasteiger partial charge in [-0.25, -0.2) is 4.98 Å². The second kappa shape index (κ2) is 5.59. The maximum atomic E-state index is 6.13. The molecule has 0 spiro atoms. The van der Waals surface area contributed by atoms with Gasteiger partial charge in [0.2, 0.25) is 0 Å². The van der Waals surface area contributed by atoms with E-state index in [1.54, 1.807) is 12.4 Å². The van der Waals surface area contributed by atoms with Gasteiger partial charge in [0, 0.05) is 12.4 Å². The van der Waals surface area contributed by atoms with Gasteiger partial charge in [-0.05, 0) is 29.8 Å². The van der Waals surface area contributed by atoms with Gasteiger partial charge >= 0.3 is 0 Å². The molecule has 100 valence electrons. The third-order valence-electron chi connectivity index (χ3n) is 3.03. The summed E-state index contributed by atoms with van der Waals surface area (Å²) in [6.45, 7) is 0. The standard InChI is InChI=1S/C16H15N3O/c17-15(16-18-10-11-19-16)12-6-8-14(9-7-12)20-13-4-2-1-3-5-13/h1-11,15H,17H2,(H,18,19). The largest absolute Gasteiger partial charge is 0.457 e. The summed E-state index contributed by atoms with van der Waals surface area (Å²) in [4.78, 5) is 7.19. The molecule has 3 rings (SSSR count). The zero-order valence-corrected chi connectivity index (χ0v) is 10.9. The van der Waals surface area contributed by atoms with Crippen LogP contribution in [0.5, 0.6) is 11.5 Å². The molecule has 0 amide bonds. The molecular weight excluding hydrogens is 250 g/mol. The van der Waals surface area contributed by atoms with E-state index in [4.69, 9.17) is 10.5 Å². The molecule has 3 aromatic rings. The number of benzene rings is 2. The van der Waals surface area contributed by atoms with Crippen LogP contribution in [0, 0.1) is 0 Å². The maximum absolute atomic E-state index is 6.13. The van der Waals surface area contributed by atoms with Crippen LogP contribution < -0.4 is 10.5 Å². The number of nitrogens with two attached hydrogens (primary N) is 1. The van der Waals surface area contributed by atoms with E-state index in [-0.39, 0.29) is 6.04 Å². The number of H-pyrrole nitrogens is 1. The second-order valence-electron chi connectivity index (χ2n) is 4.44. The van der Waals surface area contributed by atoms with Gasteiger partial charge in [-0.1, -0.05) is 30.3 Å². The second-order valence-corrected chi connectivity index (χ2v) is 4.44. The molecule has 0 aliphatic rings. The minimum absolute atomic E-state index is 0.254. The Morgan fingerprint density at radius 2 is 1.65 bits per heavy atom. The van der Waals surface area contributed by atoms with Crippen molar-refractivity contribution in [3.63, 3.8) is 0 Å². The molecular formula is C16H15N3O. The van der Waals surface area contributed by atoms with Crippen molar-refractivity contribution in [3.05, 3.63) is 78.4 Å². The van der Waals surface area contributed by atoms with Gasteiger partial charge in [0.1, 0.15) is 17.3 Å². The molecule has 1 aromatic heterocycles. The molecule has 4 nitrogen and oxygen atoms in total. The number of nitrogens with one attached hydrogen (secondary N) is 1. The third-order valence-corrected chi connectivity index (χ3v) is 3.03. The van der Waals surface area contributed by atoms with E-state index in [1.165, 1.54) is 0 Å². The quantitative estimate of drug-likeness (QED) is 0.761. The fourth-order valence-electron chi connectivity index (χ4n) is 1.97. The van der Waals surface area contributed by atoms with E-state index >= 15 is 0 Å². The lowest BCUT2D eigenvalue weighted by atomic mass is 10.1. The minimum atomic E-state index is -0.254. The fraction of sp³-hybridized carbons (Fsp3) is 0.0625. The lowest BCUT2D eigenvalue weighted by Crippen LogP contribution is -2.13. The first-order valence-corrected chi connectivity index (χ1v) is 6.40. The summed E-state index contributed by atoms with van der Waals surface area (Å²) in [6.07, 6.45) is 3.46. The summed E-state index contributed by atoms with van der Waals surface area (Å²) in [7, 11) is 0. The van der Waals surface area contributed by atoms with Crippen LogP contribution in [0.4, 0.5) is 0 Å². The Morgan fingerprint density at radius 1 is 0.950 bits per heavy atom. The Bertz CT molecular complexity index is 648. The van der Waals surface area contributed by atoms with E-state index < -0.39 is 0 Å². The lowest BCUT2D eigenvalue weighted by molar-refractivity contribution is 0.482. The first kappa shape index (κ1) is 12.4. The molecule has 20 heavy (non-hydrogen) atoms. The van der Waals surface area contributed by atoms with Crippen LogP contribution in [0.25, 0.3) is 0 Å². The Labute approximate surface area is 117 Å². The number of aromatic nitrogens is 2. The molecule has 0 saturated heterocycles.